The monoisotopic (exact) mass is 454 g/mol. The maximum atomic E-state index is 14.8. The second kappa shape index (κ2) is 8.29. The van der Waals surface area contributed by atoms with E-state index in [1.54, 1.807) is 6.07 Å². The molecular formula is C23H27FN6OS. The number of nitrogen functional groups attached to an aromatic ring is 1. The maximum Gasteiger partial charge on any atom is 0.263 e. The summed E-state index contributed by atoms with van der Waals surface area (Å²) in [7, 11) is 0. The summed E-state index contributed by atoms with van der Waals surface area (Å²) in [5, 5.41) is 7.24. The molecule has 2 aliphatic rings. The lowest BCUT2D eigenvalue weighted by Crippen LogP contribution is -2.44. The van der Waals surface area contributed by atoms with Crippen LogP contribution < -0.4 is 21.3 Å². The van der Waals surface area contributed by atoms with Crippen LogP contribution in [-0.4, -0.2) is 48.1 Å². The number of pyridine rings is 2. The van der Waals surface area contributed by atoms with Crippen molar-refractivity contribution in [2.75, 3.05) is 36.8 Å². The van der Waals surface area contributed by atoms with Gasteiger partial charge in [-0.15, -0.1) is 11.3 Å². The van der Waals surface area contributed by atoms with Crippen molar-refractivity contribution in [3.05, 3.63) is 45.3 Å². The van der Waals surface area contributed by atoms with E-state index in [9.17, 15) is 9.18 Å². The summed E-state index contributed by atoms with van der Waals surface area (Å²) in [6.45, 7) is 7.10. The Balaban J connectivity index is 1.34. The maximum absolute atomic E-state index is 14.8. The van der Waals surface area contributed by atoms with Crippen LogP contribution in [0.4, 0.5) is 15.9 Å². The molecule has 32 heavy (non-hydrogen) atoms. The Morgan fingerprint density at radius 2 is 2.06 bits per heavy atom. The first-order chi connectivity index (χ1) is 15.4. The van der Waals surface area contributed by atoms with Crippen LogP contribution in [-0.2, 0) is 12.8 Å². The highest BCUT2D eigenvalue weighted by Crippen LogP contribution is 2.35. The zero-order chi connectivity index (χ0) is 22.4. The van der Waals surface area contributed by atoms with Crippen molar-refractivity contribution in [1.29, 1.82) is 0 Å². The average Bonchev–Trinajstić information content (AvgIpc) is 3.10. The molecule has 5 rings (SSSR count). The summed E-state index contributed by atoms with van der Waals surface area (Å²) in [6, 6.07) is 3.49. The van der Waals surface area contributed by atoms with Gasteiger partial charge in [0.05, 0.1) is 5.69 Å². The first-order valence-electron chi connectivity index (χ1n) is 11.0. The van der Waals surface area contributed by atoms with Gasteiger partial charge >= 0.3 is 0 Å². The van der Waals surface area contributed by atoms with Gasteiger partial charge in [0.1, 0.15) is 9.71 Å². The van der Waals surface area contributed by atoms with Crippen molar-refractivity contribution in [1.82, 2.24) is 20.6 Å². The molecule has 4 heterocycles. The molecule has 0 spiro atoms. The molecule has 3 aromatic rings. The minimum atomic E-state index is -0.289. The Morgan fingerprint density at radius 1 is 1.28 bits per heavy atom. The van der Waals surface area contributed by atoms with Gasteiger partial charge in [0.25, 0.3) is 5.91 Å². The number of thiophene rings is 1. The molecule has 0 saturated carbocycles. The quantitative estimate of drug-likeness (QED) is 0.563. The lowest BCUT2D eigenvalue weighted by atomic mass is 9.91. The molecule has 168 valence electrons. The first kappa shape index (κ1) is 21.1. The van der Waals surface area contributed by atoms with Gasteiger partial charge in [-0.3, -0.25) is 4.79 Å². The molecule has 7 nitrogen and oxygen atoms in total. The molecule has 0 bridgehead atoms. The van der Waals surface area contributed by atoms with Gasteiger partial charge in [-0.25, -0.2) is 14.4 Å². The molecule has 1 aliphatic heterocycles. The predicted molar refractivity (Wildman–Crippen MR) is 126 cm³/mol. The Morgan fingerprint density at radius 3 is 2.84 bits per heavy atom. The molecule has 1 saturated heterocycles. The Labute approximate surface area is 190 Å². The van der Waals surface area contributed by atoms with Crippen molar-refractivity contribution >= 4 is 39.0 Å². The van der Waals surface area contributed by atoms with Crippen LogP contribution in [0.1, 0.15) is 38.6 Å². The number of piperazine rings is 1. The van der Waals surface area contributed by atoms with Gasteiger partial charge in [0.15, 0.2) is 11.6 Å². The van der Waals surface area contributed by atoms with Crippen LogP contribution in [0.2, 0.25) is 0 Å². The Kier molecular flexibility index (Phi) is 5.46. The molecule has 9 heteroatoms. The molecule has 0 radical (unpaired) electrons. The summed E-state index contributed by atoms with van der Waals surface area (Å²) in [5.41, 5.74) is 10.5. The topological polar surface area (TPSA) is 96.2 Å². The molecule has 1 atom stereocenters. The van der Waals surface area contributed by atoms with Crippen LogP contribution >= 0.6 is 11.3 Å². The molecule has 0 aromatic carbocycles. The lowest BCUT2D eigenvalue weighted by Gasteiger charge is -2.31. The number of aryl methyl sites for hydroxylation is 3. The van der Waals surface area contributed by atoms with Crippen LogP contribution in [0.3, 0.4) is 0 Å². The smallest absolute Gasteiger partial charge is 0.263 e. The van der Waals surface area contributed by atoms with Crippen LogP contribution in [0.15, 0.2) is 12.1 Å². The minimum absolute atomic E-state index is 0.0818. The van der Waals surface area contributed by atoms with Gasteiger partial charge in [0, 0.05) is 49.0 Å². The molecule has 1 amide bonds. The van der Waals surface area contributed by atoms with Gasteiger partial charge < -0.3 is 21.3 Å². The summed E-state index contributed by atoms with van der Waals surface area (Å²) in [5.74, 6) is -0.0332. The molecular weight excluding hydrogens is 427 g/mol. The number of hydrogen-bond donors (Lipinski definition) is 3. The highest BCUT2D eigenvalue weighted by atomic mass is 32.1. The molecule has 1 aliphatic carbocycles. The number of amides is 1. The van der Waals surface area contributed by atoms with Crippen molar-refractivity contribution < 1.29 is 9.18 Å². The number of halogens is 1. The number of carbonyl (C=O) groups excluding carboxylic acids is 1. The second-order valence-electron chi connectivity index (χ2n) is 8.66. The third-order valence-corrected chi connectivity index (χ3v) is 7.40. The number of fused-ring (bicyclic) bond motifs is 2. The average molecular weight is 455 g/mol. The third kappa shape index (κ3) is 3.80. The van der Waals surface area contributed by atoms with E-state index in [4.69, 9.17) is 5.73 Å². The van der Waals surface area contributed by atoms with Crippen molar-refractivity contribution in [2.24, 2.45) is 0 Å². The number of anilines is 2. The number of aromatic nitrogens is 2. The van der Waals surface area contributed by atoms with Crippen LogP contribution in [0.5, 0.6) is 0 Å². The number of nitrogens with zero attached hydrogens (tertiary/aromatic N) is 3. The number of rotatable bonds is 3. The molecule has 1 fully saturated rings. The van der Waals surface area contributed by atoms with Crippen LogP contribution in [0, 0.1) is 19.7 Å². The normalized spacial score (nSPS) is 18.6. The molecule has 1 unspecified atom stereocenters. The van der Waals surface area contributed by atoms with E-state index in [0.717, 1.165) is 65.3 Å². The first-order valence-corrected chi connectivity index (χ1v) is 11.8. The fourth-order valence-corrected chi connectivity index (χ4v) is 5.86. The van der Waals surface area contributed by atoms with Crippen molar-refractivity contribution in [3.8, 4) is 0 Å². The van der Waals surface area contributed by atoms with Crippen molar-refractivity contribution in [2.45, 2.75) is 39.2 Å². The highest BCUT2D eigenvalue weighted by molar-refractivity contribution is 7.21. The summed E-state index contributed by atoms with van der Waals surface area (Å²) in [4.78, 5) is 25.5. The van der Waals surface area contributed by atoms with E-state index in [2.05, 4.69) is 20.6 Å². The van der Waals surface area contributed by atoms with E-state index in [-0.39, 0.29) is 17.8 Å². The van der Waals surface area contributed by atoms with Gasteiger partial charge in [-0.2, -0.15) is 0 Å². The van der Waals surface area contributed by atoms with E-state index in [1.807, 2.05) is 24.8 Å². The highest BCUT2D eigenvalue weighted by Gasteiger charge is 2.27. The number of carbonyl (C=O) groups is 1. The van der Waals surface area contributed by atoms with Crippen molar-refractivity contribution in [3.63, 3.8) is 0 Å². The van der Waals surface area contributed by atoms with Gasteiger partial charge in [-0.05, 0) is 56.4 Å². The van der Waals surface area contributed by atoms with E-state index >= 15 is 0 Å². The SMILES string of the molecule is Cc1cc(C)c2c(N)c(C(=O)NC3CCc4nc(N5CCNCC5)c(F)cc4C3)sc2n1. The Hall–Kier alpha value is -2.78. The van der Waals surface area contributed by atoms with Gasteiger partial charge in [-0.1, -0.05) is 0 Å². The largest absolute Gasteiger partial charge is 0.397 e. The summed E-state index contributed by atoms with van der Waals surface area (Å²) >= 11 is 1.32. The fraction of sp³-hybridized carbons (Fsp3) is 0.435. The van der Waals surface area contributed by atoms with E-state index in [1.165, 1.54) is 11.3 Å². The Bertz CT molecular complexity index is 1200. The minimum Gasteiger partial charge on any atom is -0.397 e. The molecule has 3 aromatic heterocycles. The second-order valence-corrected chi connectivity index (χ2v) is 9.65. The van der Waals surface area contributed by atoms with Gasteiger partial charge in [0.2, 0.25) is 0 Å². The zero-order valence-electron chi connectivity index (χ0n) is 18.3. The van der Waals surface area contributed by atoms with E-state index < -0.39 is 0 Å². The third-order valence-electron chi connectivity index (χ3n) is 6.30. The van der Waals surface area contributed by atoms with Crippen LogP contribution in [0.25, 0.3) is 10.2 Å². The number of nitrogens with two attached hydrogens (primary N) is 1. The predicted octanol–water partition coefficient (Wildman–Crippen LogP) is 2.73. The number of hydrogen-bond acceptors (Lipinski definition) is 7. The summed E-state index contributed by atoms with van der Waals surface area (Å²) in [6.07, 6.45) is 2.04. The summed E-state index contributed by atoms with van der Waals surface area (Å²) < 4.78 is 14.8. The van der Waals surface area contributed by atoms with E-state index in [0.29, 0.717) is 29.2 Å². The molecule has 4 N–H and O–H groups in total. The zero-order valence-corrected chi connectivity index (χ0v) is 19.1. The fourth-order valence-electron chi connectivity index (χ4n) is 4.74. The number of nitrogens with one attached hydrogen (secondary N) is 2. The lowest BCUT2D eigenvalue weighted by molar-refractivity contribution is 0.0938. The standard InChI is InChI=1S/C23H27FN6OS/c1-12-9-13(2)27-23-18(12)19(25)20(32-23)22(31)28-15-3-4-17-14(10-15)11-16(24)21(29-17)30-7-5-26-6-8-30/h9,11,15,26H,3-8,10,25H2,1-2H3,(H,28,31).